The van der Waals surface area contributed by atoms with Crippen molar-refractivity contribution >= 4 is 51.3 Å². The maximum atomic E-state index is 13.2. The number of carbonyl (C=O) groups is 2. The van der Waals surface area contributed by atoms with Gasteiger partial charge in [-0.25, -0.2) is 0 Å². The van der Waals surface area contributed by atoms with Crippen molar-refractivity contribution in [2.75, 3.05) is 18.6 Å². The molecule has 152 valence electrons. The molecule has 2 amide bonds. The third-order valence-electron chi connectivity index (χ3n) is 4.63. The minimum Gasteiger partial charge on any atom is -0.496 e. The molecule has 0 saturated heterocycles. The van der Waals surface area contributed by atoms with Gasteiger partial charge in [-0.3, -0.25) is 14.5 Å². The second-order valence-electron chi connectivity index (χ2n) is 6.74. The van der Waals surface area contributed by atoms with Crippen molar-refractivity contribution in [3.63, 3.8) is 0 Å². The molecule has 0 aromatic heterocycles. The zero-order chi connectivity index (χ0) is 21.0. The number of nitrogens with zero attached hydrogens (tertiary/aromatic N) is 1. The molecule has 1 heterocycles. The summed E-state index contributed by atoms with van der Waals surface area (Å²) in [6.07, 6.45) is 2.68. The first-order chi connectivity index (χ1) is 13.9. The maximum absolute atomic E-state index is 13.2. The number of hydrogen-bond donors (Lipinski definition) is 1. The Morgan fingerprint density at radius 3 is 2.76 bits per heavy atom. The number of carbonyl (C=O) groups excluding carboxylic acids is 2. The monoisotopic (exact) mass is 474 g/mol. The normalized spacial score (nSPS) is 15.8. The third kappa shape index (κ3) is 5.03. The number of amides is 2. The summed E-state index contributed by atoms with van der Waals surface area (Å²) in [6.45, 7) is 3.95. The van der Waals surface area contributed by atoms with Crippen molar-refractivity contribution in [3.8, 4) is 5.75 Å². The van der Waals surface area contributed by atoms with Gasteiger partial charge in [0.2, 0.25) is 5.91 Å². The van der Waals surface area contributed by atoms with E-state index >= 15 is 0 Å². The molecule has 2 aromatic carbocycles. The van der Waals surface area contributed by atoms with Crippen LogP contribution in [0, 0.1) is 0 Å². The van der Waals surface area contributed by atoms with Gasteiger partial charge in [0.05, 0.1) is 22.2 Å². The smallest absolute Gasteiger partial charge is 0.265 e. The summed E-state index contributed by atoms with van der Waals surface area (Å²) in [6, 6.07) is 13.4. The molecule has 0 fully saturated rings. The Balaban J connectivity index is 1.92. The zero-order valence-electron chi connectivity index (χ0n) is 16.6. The summed E-state index contributed by atoms with van der Waals surface area (Å²) in [5, 5.41) is 2.93. The lowest BCUT2D eigenvalue weighted by atomic mass is 10.2. The third-order valence-corrected chi connectivity index (χ3v) is 6.32. The Morgan fingerprint density at radius 1 is 1.31 bits per heavy atom. The van der Waals surface area contributed by atoms with Gasteiger partial charge in [-0.15, -0.1) is 0 Å². The Labute approximate surface area is 183 Å². The summed E-state index contributed by atoms with van der Waals surface area (Å²) < 4.78 is 6.08. The van der Waals surface area contributed by atoms with Crippen LogP contribution in [0.4, 0.5) is 5.69 Å². The molecule has 2 aromatic rings. The quantitative estimate of drug-likeness (QED) is 0.607. The number of anilines is 1. The topological polar surface area (TPSA) is 58.6 Å². The van der Waals surface area contributed by atoms with Gasteiger partial charge in [-0.05, 0) is 65.2 Å². The highest BCUT2D eigenvalue weighted by Crippen LogP contribution is 2.42. The molecule has 1 unspecified atom stereocenters. The first-order valence-electron chi connectivity index (χ1n) is 9.36. The summed E-state index contributed by atoms with van der Waals surface area (Å²) in [5.74, 6) is 0.379. The highest BCUT2D eigenvalue weighted by molar-refractivity contribution is 9.10. The highest BCUT2D eigenvalue weighted by atomic mass is 79.9. The molecule has 1 atom stereocenters. The predicted octanol–water partition coefficient (Wildman–Crippen LogP) is 4.85. The van der Waals surface area contributed by atoms with Crippen molar-refractivity contribution in [1.82, 2.24) is 5.32 Å². The Morgan fingerprint density at radius 2 is 2.07 bits per heavy atom. The van der Waals surface area contributed by atoms with E-state index in [1.54, 1.807) is 12.0 Å². The number of ether oxygens (including phenoxy) is 1. The number of halogens is 1. The number of rotatable bonds is 6. The molecule has 1 N–H and O–H groups in total. The van der Waals surface area contributed by atoms with Crippen LogP contribution in [0.2, 0.25) is 0 Å². The van der Waals surface area contributed by atoms with Crippen molar-refractivity contribution in [2.45, 2.75) is 31.2 Å². The van der Waals surface area contributed by atoms with E-state index in [0.29, 0.717) is 4.91 Å². The number of fused-ring (bicyclic) bond motifs is 1. The summed E-state index contributed by atoms with van der Waals surface area (Å²) in [7, 11) is 1.61. The van der Waals surface area contributed by atoms with Gasteiger partial charge < -0.3 is 10.1 Å². The zero-order valence-corrected chi connectivity index (χ0v) is 19.0. The second-order valence-corrected chi connectivity index (χ2v) is 8.68. The Hall–Kier alpha value is -2.25. The van der Waals surface area contributed by atoms with Gasteiger partial charge in [0.1, 0.15) is 12.3 Å². The molecular formula is C22H23BrN2O3S. The second kappa shape index (κ2) is 9.50. The fourth-order valence-corrected chi connectivity index (χ4v) is 4.53. The molecular weight excluding hydrogens is 452 g/mol. The molecule has 0 bridgehead atoms. The average Bonchev–Trinajstić information content (AvgIpc) is 2.71. The molecule has 1 aliphatic rings. The Bertz CT molecular complexity index is 961. The summed E-state index contributed by atoms with van der Waals surface area (Å²) >= 11 is 4.89. The molecule has 0 spiro atoms. The van der Waals surface area contributed by atoms with Crippen LogP contribution < -0.4 is 15.0 Å². The summed E-state index contributed by atoms with van der Waals surface area (Å²) in [4.78, 5) is 28.7. The van der Waals surface area contributed by atoms with E-state index in [9.17, 15) is 9.59 Å². The van der Waals surface area contributed by atoms with Crippen molar-refractivity contribution in [1.29, 1.82) is 0 Å². The maximum Gasteiger partial charge on any atom is 0.265 e. The van der Waals surface area contributed by atoms with E-state index in [2.05, 4.69) is 21.2 Å². The molecule has 7 heteroatoms. The number of methoxy groups -OCH3 is 1. The van der Waals surface area contributed by atoms with E-state index in [-0.39, 0.29) is 24.4 Å². The van der Waals surface area contributed by atoms with Gasteiger partial charge in [-0.2, -0.15) is 0 Å². The molecule has 0 aliphatic carbocycles. The fourth-order valence-electron chi connectivity index (χ4n) is 2.91. The number of thioether (sulfide) groups is 1. The lowest BCUT2D eigenvalue weighted by Crippen LogP contribution is -2.44. The first-order valence-corrected chi connectivity index (χ1v) is 11.0. The van der Waals surface area contributed by atoms with Crippen LogP contribution in [-0.4, -0.2) is 31.5 Å². The van der Waals surface area contributed by atoms with Crippen LogP contribution in [0.1, 0.15) is 25.8 Å². The molecule has 5 nitrogen and oxygen atoms in total. The van der Waals surface area contributed by atoms with E-state index in [0.717, 1.165) is 32.8 Å². The minimum atomic E-state index is -0.181. The number of para-hydroxylation sites is 1. The predicted molar refractivity (Wildman–Crippen MR) is 121 cm³/mol. The van der Waals surface area contributed by atoms with E-state index in [4.69, 9.17) is 4.74 Å². The fraction of sp³-hybridized carbons (Fsp3) is 0.273. The molecule has 0 radical (unpaired) electrons. The van der Waals surface area contributed by atoms with Crippen LogP contribution in [0.25, 0.3) is 6.08 Å². The van der Waals surface area contributed by atoms with Gasteiger partial charge in [-0.1, -0.05) is 36.9 Å². The van der Waals surface area contributed by atoms with Crippen LogP contribution >= 0.6 is 27.7 Å². The Kier molecular flexibility index (Phi) is 7.03. The average molecular weight is 475 g/mol. The van der Waals surface area contributed by atoms with Gasteiger partial charge >= 0.3 is 0 Å². The summed E-state index contributed by atoms with van der Waals surface area (Å²) in [5.41, 5.74) is 1.63. The lowest BCUT2D eigenvalue weighted by Gasteiger charge is -2.30. The number of benzene rings is 2. The molecule has 0 saturated carbocycles. The lowest BCUT2D eigenvalue weighted by molar-refractivity contribution is -0.122. The molecule has 1 aliphatic heterocycles. The highest BCUT2D eigenvalue weighted by Gasteiger charge is 2.30. The van der Waals surface area contributed by atoms with Crippen LogP contribution in [0.3, 0.4) is 0 Å². The van der Waals surface area contributed by atoms with Gasteiger partial charge in [0, 0.05) is 10.9 Å². The molecule has 3 rings (SSSR count). The number of nitrogens with one attached hydrogen (secondary N) is 1. The largest absolute Gasteiger partial charge is 0.496 e. The van der Waals surface area contributed by atoms with Gasteiger partial charge in [0.15, 0.2) is 0 Å². The van der Waals surface area contributed by atoms with E-state index in [1.165, 1.54) is 11.8 Å². The molecule has 29 heavy (non-hydrogen) atoms. The van der Waals surface area contributed by atoms with Crippen molar-refractivity contribution in [3.05, 3.63) is 57.4 Å². The van der Waals surface area contributed by atoms with Crippen molar-refractivity contribution in [2.24, 2.45) is 0 Å². The van der Waals surface area contributed by atoms with Crippen molar-refractivity contribution < 1.29 is 14.3 Å². The van der Waals surface area contributed by atoms with Crippen LogP contribution in [-0.2, 0) is 9.59 Å². The standard InChI is InChI=1S/C22H23BrN2O3S/c1-4-14(2)24-21(26)13-25-17-7-5-6-8-19(17)29-20(22(25)27)12-15-9-10-18(28-3)16(23)11-15/h5-12,14H,4,13H2,1-3H3,(H,24,26). The minimum absolute atomic E-state index is 0.00953. The van der Waals surface area contributed by atoms with E-state index < -0.39 is 0 Å². The van der Waals surface area contributed by atoms with Crippen LogP contribution in [0.5, 0.6) is 5.75 Å². The number of hydrogen-bond acceptors (Lipinski definition) is 4. The van der Waals surface area contributed by atoms with E-state index in [1.807, 2.05) is 62.4 Å². The SMILES string of the molecule is CCC(C)NC(=O)CN1C(=O)C(=Cc2ccc(OC)c(Br)c2)Sc2ccccc21. The van der Waals surface area contributed by atoms with Gasteiger partial charge in [0.25, 0.3) is 5.91 Å². The first kappa shape index (κ1) is 21.5. The van der Waals surface area contributed by atoms with Crippen LogP contribution in [0.15, 0.2) is 56.7 Å².